The third-order valence-electron chi connectivity index (χ3n) is 5.75. The third-order valence-corrected chi connectivity index (χ3v) is 5.75. The molecule has 0 spiro atoms. The highest BCUT2D eigenvalue weighted by Gasteiger charge is 2.33. The zero-order chi connectivity index (χ0) is 20.5. The van der Waals surface area contributed by atoms with Gasteiger partial charge in [-0.1, -0.05) is 18.9 Å². The molecule has 2 N–H and O–H groups in total. The van der Waals surface area contributed by atoms with Crippen LogP contribution >= 0.6 is 24.0 Å². The first-order chi connectivity index (χ1) is 14.2. The van der Waals surface area contributed by atoms with Gasteiger partial charge in [-0.2, -0.15) is 0 Å². The Hall–Kier alpha value is -1.68. The Bertz CT molecular complexity index is 791. The highest BCUT2D eigenvalue weighted by atomic mass is 127. The molecule has 2 aromatic rings. The average Bonchev–Trinajstić information content (AvgIpc) is 3.41. The van der Waals surface area contributed by atoms with Gasteiger partial charge in [0.2, 0.25) is 0 Å². The van der Waals surface area contributed by atoms with Gasteiger partial charge in [-0.3, -0.25) is 4.99 Å². The summed E-state index contributed by atoms with van der Waals surface area (Å²) in [7, 11) is 1.76. The van der Waals surface area contributed by atoms with Crippen molar-refractivity contribution in [3.63, 3.8) is 0 Å². The van der Waals surface area contributed by atoms with Crippen molar-refractivity contribution >= 4 is 29.9 Å². The Morgan fingerprint density at radius 3 is 2.73 bits per heavy atom. The molecule has 0 radical (unpaired) electrons. The summed E-state index contributed by atoms with van der Waals surface area (Å²) in [5.74, 6) is 0.470. The predicted molar refractivity (Wildman–Crippen MR) is 129 cm³/mol. The van der Waals surface area contributed by atoms with Gasteiger partial charge >= 0.3 is 0 Å². The molecule has 1 heterocycles. The number of ether oxygens (including phenoxy) is 1. The van der Waals surface area contributed by atoms with Gasteiger partial charge in [0.15, 0.2) is 5.96 Å². The van der Waals surface area contributed by atoms with E-state index < -0.39 is 0 Å². The van der Waals surface area contributed by atoms with Crippen LogP contribution in [0.5, 0.6) is 0 Å². The van der Waals surface area contributed by atoms with Gasteiger partial charge in [-0.05, 0) is 49.3 Å². The maximum absolute atomic E-state index is 14.4. The maximum atomic E-state index is 14.4. The van der Waals surface area contributed by atoms with Crippen LogP contribution in [0.4, 0.5) is 4.39 Å². The zero-order valence-corrected chi connectivity index (χ0v) is 20.2. The molecular weight excluding hydrogens is 496 g/mol. The van der Waals surface area contributed by atoms with Gasteiger partial charge in [-0.25, -0.2) is 9.37 Å². The van der Waals surface area contributed by atoms with Crippen molar-refractivity contribution in [1.29, 1.82) is 0 Å². The molecular formula is C22H33FIN5O. The van der Waals surface area contributed by atoms with Crippen LogP contribution in [0.15, 0.2) is 41.9 Å². The number of halogens is 2. The smallest absolute Gasteiger partial charge is 0.191 e. The first-order valence-electron chi connectivity index (χ1n) is 10.4. The Morgan fingerprint density at radius 2 is 2.10 bits per heavy atom. The predicted octanol–water partition coefficient (Wildman–Crippen LogP) is 4.28. The number of imidazole rings is 1. The minimum absolute atomic E-state index is 0. The summed E-state index contributed by atoms with van der Waals surface area (Å²) in [5, 5.41) is 6.77. The van der Waals surface area contributed by atoms with Crippen molar-refractivity contribution in [2.45, 2.75) is 45.6 Å². The molecule has 1 saturated carbocycles. The molecule has 0 amide bonds. The van der Waals surface area contributed by atoms with Gasteiger partial charge < -0.3 is 19.9 Å². The summed E-state index contributed by atoms with van der Waals surface area (Å²) in [6, 6.07) is 5.24. The normalized spacial score (nSPS) is 15.6. The second kappa shape index (κ2) is 12.2. The monoisotopic (exact) mass is 529 g/mol. The number of nitrogens with zero attached hydrogens (tertiary/aromatic N) is 3. The highest BCUT2D eigenvalue weighted by molar-refractivity contribution is 14.0. The molecule has 8 heteroatoms. The van der Waals surface area contributed by atoms with Crippen LogP contribution in [0.2, 0.25) is 0 Å². The van der Waals surface area contributed by atoms with Crippen LogP contribution in [-0.2, 0) is 11.3 Å². The summed E-state index contributed by atoms with van der Waals surface area (Å²) in [5.41, 5.74) is 1.64. The van der Waals surface area contributed by atoms with Crippen LogP contribution < -0.4 is 10.6 Å². The van der Waals surface area contributed by atoms with E-state index >= 15 is 0 Å². The maximum Gasteiger partial charge on any atom is 0.191 e. The molecule has 1 aliphatic rings. The van der Waals surface area contributed by atoms with E-state index in [9.17, 15) is 4.39 Å². The summed E-state index contributed by atoms with van der Waals surface area (Å²) < 4.78 is 21.7. The van der Waals surface area contributed by atoms with Gasteiger partial charge in [-0.15, -0.1) is 24.0 Å². The van der Waals surface area contributed by atoms with Crippen molar-refractivity contribution < 1.29 is 9.13 Å². The van der Waals surface area contributed by atoms with Crippen molar-refractivity contribution in [1.82, 2.24) is 20.2 Å². The molecule has 6 nitrogen and oxygen atoms in total. The standard InChI is InChI=1S/C22H32FN5O.HI/c1-3-29-13-10-22(8-4-5-9-22)16-27-21(24-2)26-15-18-6-7-20(19(23)14-18)28-12-11-25-17-28;/h6-7,11-12,14,17H,3-5,8-10,13,15-16H2,1-2H3,(H2,24,26,27);1H. The van der Waals surface area contributed by atoms with Crippen LogP contribution in [0, 0.1) is 11.2 Å². The summed E-state index contributed by atoms with van der Waals surface area (Å²) in [6.45, 7) is 5.01. The second-order valence-corrected chi connectivity index (χ2v) is 7.69. The van der Waals surface area contributed by atoms with E-state index in [1.54, 1.807) is 42.5 Å². The fourth-order valence-electron chi connectivity index (χ4n) is 4.02. The van der Waals surface area contributed by atoms with E-state index in [0.29, 0.717) is 12.2 Å². The molecule has 3 rings (SSSR count). The molecule has 0 aliphatic heterocycles. The summed E-state index contributed by atoms with van der Waals surface area (Å²) in [4.78, 5) is 8.30. The van der Waals surface area contributed by atoms with Crippen LogP contribution in [0.1, 0.15) is 44.6 Å². The van der Waals surface area contributed by atoms with E-state index in [0.717, 1.165) is 37.7 Å². The van der Waals surface area contributed by atoms with Crippen molar-refractivity contribution in [3.05, 3.63) is 48.3 Å². The van der Waals surface area contributed by atoms with Gasteiger partial charge in [0.05, 0.1) is 12.0 Å². The van der Waals surface area contributed by atoms with E-state index in [4.69, 9.17) is 4.74 Å². The topological polar surface area (TPSA) is 63.5 Å². The SMILES string of the molecule is CCOCCC1(CNC(=NC)NCc2ccc(-n3ccnc3)c(F)c2)CCCC1.I. The quantitative estimate of drug-likeness (QED) is 0.220. The first kappa shape index (κ1) is 24.6. The first-order valence-corrected chi connectivity index (χ1v) is 10.4. The molecule has 1 aromatic carbocycles. The van der Waals surface area contributed by atoms with E-state index in [1.165, 1.54) is 25.7 Å². The average molecular weight is 529 g/mol. The number of rotatable bonds is 9. The molecule has 0 saturated heterocycles. The molecule has 1 aromatic heterocycles. The zero-order valence-electron chi connectivity index (χ0n) is 17.9. The molecule has 1 aliphatic carbocycles. The summed E-state index contributed by atoms with van der Waals surface area (Å²) >= 11 is 0. The molecule has 0 bridgehead atoms. The fraction of sp³-hybridized carbons (Fsp3) is 0.545. The number of aliphatic imine (C=N–C) groups is 1. The number of hydrogen-bond donors (Lipinski definition) is 2. The van der Waals surface area contributed by atoms with E-state index in [-0.39, 0.29) is 35.2 Å². The van der Waals surface area contributed by atoms with E-state index in [2.05, 4.69) is 20.6 Å². The lowest BCUT2D eigenvalue weighted by molar-refractivity contribution is 0.105. The van der Waals surface area contributed by atoms with Crippen LogP contribution in [0.25, 0.3) is 5.69 Å². The van der Waals surface area contributed by atoms with Gasteiger partial charge in [0.1, 0.15) is 5.82 Å². The minimum atomic E-state index is -0.272. The lowest BCUT2D eigenvalue weighted by atomic mass is 9.83. The highest BCUT2D eigenvalue weighted by Crippen LogP contribution is 2.40. The molecule has 30 heavy (non-hydrogen) atoms. The Labute approximate surface area is 195 Å². The van der Waals surface area contributed by atoms with Crippen LogP contribution in [0.3, 0.4) is 0 Å². The third kappa shape index (κ3) is 6.66. The number of aromatic nitrogens is 2. The van der Waals surface area contributed by atoms with Gasteiger partial charge in [0, 0.05) is 45.7 Å². The minimum Gasteiger partial charge on any atom is -0.382 e. The number of hydrogen-bond acceptors (Lipinski definition) is 3. The lowest BCUT2D eigenvalue weighted by Gasteiger charge is -2.30. The second-order valence-electron chi connectivity index (χ2n) is 7.69. The summed E-state index contributed by atoms with van der Waals surface area (Å²) in [6.07, 6.45) is 11.0. The molecule has 0 unspecified atom stereocenters. The van der Waals surface area contributed by atoms with Gasteiger partial charge in [0.25, 0.3) is 0 Å². The Morgan fingerprint density at radius 1 is 1.30 bits per heavy atom. The Balaban J connectivity index is 0.00000320. The molecule has 0 atom stereocenters. The number of nitrogens with one attached hydrogen (secondary N) is 2. The van der Waals surface area contributed by atoms with Crippen molar-refractivity contribution in [2.24, 2.45) is 10.4 Å². The fourth-order valence-corrected chi connectivity index (χ4v) is 4.02. The molecule has 1 fully saturated rings. The number of benzene rings is 1. The molecule has 166 valence electrons. The largest absolute Gasteiger partial charge is 0.382 e. The van der Waals surface area contributed by atoms with Crippen LogP contribution in [-0.4, -0.2) is 42.3 Å². The Kier molecular flexibility index (Phi) is 10.0. The van der Waals surface area contributed by atoms with Crippen molar-refractivity contribution in [3.8, 4) is 5.69 Å². The number of guanidine groups is 1. The van der Waals surface area contributed by atoms with Crippen molar-refractivity contribution in [2.75, 3.05) is 26.8 Å². The lowest BCUT2D eigenvalue weighted by Crippen LogP contribution is -2.43. The van der Waals surface area contributed by atoms with E-state index in [1.807, 2.05) is 13.0 Å².